The molecule has 0 fully saturated rings. The number of carbonyl (C=O) groups excluding carboxylic acids is 11. The minimum absolute atomic E-state index is 0.0213. The van der Waals surface area contributed by atoms with Crippen molar-refractivity contribution in [3.8, 4) is 22.3 Å². The van der Waals surface area contributed by atoms with Gasteiger partial charge >= 0.3 is 11.9 Å². The third-order valence-electron chi connectivity index (χ3n) is 17.0. The van der Waals surface area contributed by atoms with Crippen LogP contribution in [0.25, 0.3) is 22.3 Å². The predicted molar refractivity (Wildman–Crippen MR) is 380 cm³/mol. The Hall–Kier alpha value is -11.8. The molecule has 106 heavy (non-hydrogen) atoms. The topological polar surface area (TPSA) is 524 Å². The normalized spacial score (nSPS) is 14.5. The van der Waals surface area contributed by atoms with Gasteiger partial charge in [-0.3, -0.25) is 62.3 Å². The maximum Gasteiger partial charge on any atom is 0.305 e. The number of imidazole rings is 1. The number of H-pyrrole nitrogens is 1. The Morgan fingerprint density at radius 2 is 1.00 bits per heavy atom. The highest BCUT2D eigenvalue weighted by molar-refractivity contribution is 6.00. The second kappa shape index (κ2) is 40.3. The molecule has 1 aromatic heterocycles. The van der Waals surface area contributed by atoms with E-state index in [9.17, 15) is 87.9 Å². The molecule has 11 amide bonds. The number of aromatic nitrogens is 2. The molecule has 32 nitrogen and oxygen atoms in total. The first-order valence-electron chi connectivity index (χ1n) is 33.8. The fourth-order valence-electron chi connectivity index (χ4n) is 11.1. The van der Waals surface area contributed by atoms with E-state index in [0.717, 1.165) is 59.7 Å². The van der Waals surface area contributed by atoms with Crippen LogP contribution in [0.5, 0.6) is 0 Å². The van der Waals surface area contributed by atoms with Crippen LogP contribution in [-0.4, -0.2) is 198 Å². The predicted octanol–water partition coefficient (Wildman–Crippen LogP) is -1.57. The summed E-state index contributed by atoms with van der Waals surface area (Å²) in [6, 6.07) is 17.3. The Morgan fingerprint density at radius 3 is 1.56 bits per heavy atom. The maximum atomic E-state index is 15.3. The molecule has 0 unspecified atom stereocenters. The van der Waals surface area contributed by atoms with Crippen molar-refractivity contribution in [3.05, 3.63) is 173 Å². The van der Waals surface area contributed by atoms with Crippen LogP contribution in [0.3, 0.4) is 0 Å². The van der Waals surface area contributed by atoms with E-state index in [4.69, 9.17) is 11.5 Å². The summed E-state index contributed by atoms with van der Waals surface area (Å²) in [5.41, 5.74) is 18.9. The summed E-state index contributed by atoms with van der Waals surface area (Å²) in [5, 5.41) is 74.5. The lowest BCUT2D eigenvalue weighted by Gasteiger charge is -2.28. The van der Waals surface area contributed by atoms with Crippen LogP contribution in [0.1, 0.15) is 80.5 Å². The number of amides is 11. The van der Waals surface area contributed by atoms with Crippen molar-refractivity contribution in [1.82, 2.24) is 63.1 Å². The van der Waals surface area contributed by atoms with Gasteiger partial charge in [-0.25, -0.2) is 9.37 Å². The quantitative estimate of drug-likeness (QED) is 0.0207. The number of carboxylic acids is 2. The highest BCUT2D eigenvalue weighted by Crippen LogP contribution is 2.26. The first kappa shape index (κ1) is 83.1. The van der Waals surface area contributed by atoms with Gasteiger partial charge in [0.2, 0.25) is 65.0 Å². The van der Waals surface area contributed by atoms with Crippen molar-refractivity contribution in [1.29, 1.82) is 0 Å². The van der Waals surface area contributed by atoms with Gasteiger partial charge in [-0.2, -0.15) is 0 Å². The molecule has 0 radical (unpaired) electrons. The minimum atomic E-state index is -2.11. The number of aliphatic hydroxyl groups is 3. The van der Waals surface area contributed by atoms with Crippen LogP contribution in [0, 0.1) is 12.7 Å². The first-order chi connectivity index (χ1) is 50.3. The average molecular weight is 1470 g/mol. The summed E-state index contributed by atoms with van der Waals surface area (Å²) < 4.78 is 15.3. The molecule has 0 aliphatic heterocycles. The van der Waals surface area contributed by atoms with Gasteiger partial charge in [0.25, 0.3) is 0 Å². The molecule has 0 spiro atoms. The van der Waals surface area contributed by atoms with E-state index < -0.39 is 194 Å². The average Bonchev–Trinajstić information content (AvgIpc) is 0.855. The number of aromatic amines is 1. The standard InChI is InChI=1S/C73H89FN14O18/c1-6-44-14-8-11-17-50(44)46-25-21-43(22-26-46)30-55(68(101)82-54(64(76)97)29-42-19-23-45(24-20-42)49-16-10-7-13-38(49)2)83-69(102)57(33-61(95)96)84-71(104)58(36-89)86-73(106)63(41(5)91)88-70(103)56(31-47-15-9-12-18-51(47)74)85-72(105)62(40(4)90)87-59(92)35-78-67(100)53(27-28-60(93)94)81-65(98)39(3)80-66(99)52(75)32-48-34-77-37-79-48/h7-26,34,37,39-41,52-58,62-63,89-91H,6,27-33,35-36,75H2,1-5H3,(H2,76,97)(H,77,79)(H,78,100)(H,80,99)(H,81,98)(H,82,101)(H,83,102)(H,84,104)(H,85,105)(H,86,106)(H,87,92)(H,88,103)(H,93,94)(H,95,96)/t39-,40+,41+,52-,53-,54-,55-,56-,57-,58-,62-,63-/m0/s1. The highest BCUT2D eigenvalue weighted by atomic mass is 19.1. The number of aryl methyl sites for hydroxylation is 2. The zero-order valence-corrected chi connectivity index (χ0v) is 58.7. The summed E-state index contributed by atoms with van der Waals surface area (Å²) in [7, 11) is 0. The Balaban J connectivity index is 1.15. The molecule has 6 aromatic rings. The van der Waals surface area contributed by atoms with Crippen LogP contribution < -0.4 is 64.6 Å². The van der Waals surface area contributed by atoms with Crippen molar-refractivity contribution in [2.75, 3.05) is 13.2 Å². The van der Waals surface area contributed by atoms with E-state index in [0.29, 0.717) is 16.8 Å². The number of halogens is 1. The van der Waals surface area contributed by atoms with Gasteiger partial charge in [0.15, 0.2) is 0 Å². The van der Waals surface area contributed by atoms with Gasteiger partial charge in [-0.1, -0.05) is 122 Å². The van der Waals surface area contributed by atoms with E-state index in [1.165, 1.54) is 37.6 Å². The van der Waals surface area contributed by atoms with Crippen LogP contribution in [0.4, 0.5) is 4.39 Å². The van der Waals surface area contributed by atoms with Gasteiger partial charge in [-0.15, -0.1) is 0 Å². The number of hydrogen-bond acceptors (Lipinski definition) is 18. The molecule has 33 heteroatoms. The van der Waals surface area contributed by atoms with Gasteiger partial charge in [0.05, 0.1) is 44.1 Å². The molecule has 1 heterocycles. The number of carboxylic acid groups (broad SMARTS) is 2. The van der Waals surface area contributed by atoms with Crippen LogP contribution in [-0.2, 0) is 94.4 Å². The molecule has 0 saturated heterocycles. The molecule has 0 aliphatic rings. The van der Waals surface area contributed by atoms with Gasteiger partial charge in [0.1, 0.15) is 60.2 Å². The van der Waals surface area contributed by atoms with Crippen LogP contribution in [0.2, 0.25) is 0 Å². The molecule has 12 atom stereocenters. The van der Waals surface area contributed by atoms with Crippen molar-refractivity contribution < 1.29 is 92.3 Å². The van der Waals surface area contributed by atoms with Crippen molar-refractivity contribution in [2.24, 2.45) is 11.5 Å². The maximum absolute atomic E-state index is 15.3. The number of nitrogens with zero attached hydrogens (tertiary/aromatic N) is 1. The van der Waals surface area contributed by atoms with Gasteiger partial charge in [0, 0.05) is 44.0 Å². The number of primary amides is 1. The number of nitrogens with one attached hydrogen (secondary N) is 11. The number of aliphatic carboxylic acids is 2. The molecule has 6 rings (SSSR count). The van der Waals surface area contributed by atoms with Crippen LogP contribution in [0.15, 0.2) is 134 Å². The first-order valence-corrected chi connectivity index (χ1v) is 33.8. The number of hydrogen-bond donors (Lipinski definition) is 18. The zero-order valence-electron chi connectivity index (χ0n) is 58.7. The summed E-state index contributed by atoms with van der Waals surface area (Å²) in [5.74, 6) is -16.5. The van der Waals surface area contributed by atoms with E-state index >= 15 is 4.39 Å². The third-order valence-corrected chi connectivity index (χ3v) is 17.0. The molecule has 566 valence electrons. The van der Waals surface area contributed by atoms with E-state index in [-0.39, 0.29) is 24.8 Å². The van der Waals surface area contributed by atoms with Crippen molar-refractivity contribution >= 4 is 76.9 Å². The summed E-state index contributed by atoms with van der Waals surface area (Å²) in [6.07, 6.45) is -3.56. The Kier molecular flexibility index (Phi) is 31.6. The molecular weight excluding hydrogens is 1380 g/mol. The van der Waals surface area contributed by atoms with Gasteiger partial charge in [-0.05, 0) is 96.7 Å². The number of carbonyl (C=O) groups is 13. The molecule has 0 aliphatic carbocycles. The molecule has 0 saturated carbocycles. The lowest BCUT2D eigenvalue weighted by atomic mass is 9.95. The van der Waals surface area contributed by atoms with E-state index in [1.807, 2.05) is 74.5 Å². The smallest absolute Gasteiger partial charge is 0.305 e. The summed E-state index contributed by atoms with van der Waals surface area (Å²) in [4.78, 5) is 182. The Bertz CT molecular complexity index is 4090. The number of aliphatic hydroxyl groups excluding tert-OH is 3. The van der Waals surface area contributed by atoms with E-state index in [1.54, 1.807) is 36.4 Å². The number of rotatable bonds is 40. The highest BCUT2D eigenvalue weighted by Gasteiger charge is 2.38. The molecule has 5 aromatic carbocycles. The Labute approximate surface area is 608 Å². The second-order valence-corrected chi connectivity index (χ2v) is 25.3. The SMILES string of the molecule is CCc1ccccc1-c1ccc(C[C@H](NC(=O)[C@H](CC(=O)O)NC(=O)[C@H](CO)NC(=O)[C@@H](NC(=O)[C@H](Cc2ccccc2F)NC(=O)[C@@H](NC(=O)CNC(=O)[C@H](CCC(=O)O)NC(=O)[C@H](C)NC(=O)[C@@H](N)Cc2cnc[nH]2)[C@@H](C)O)[C@@H](C)O)C(=O)N[C@@H](Cc2ccc(-c3ccccc3C)cc2)C(N)=O)cc1. The molecule has 0 bridgehead atoms. The van der Waals surface area contributed by atoms with Crippen molar-refractivity contribution in [2.45, 2.75) is 159 Å². The summed E-state index contributed by atoms with van der Waals surface area (Å²) >= 11 is 0. The lowest BCUT2D eigenvalue weighted by molar-refractivity contribution is -0.142. The number of benzene rings is 5. The minimum Gasteiger partial charge on any atom is -0.481 e. The van der Waals surface area contributed by atoms with Crippen molar-refractivity contribution in [3.63, 3.8) is 0 Å². The van der Waals surface area contributed by atoms with Crippen LogP contribution >= 0.6 is 0 Å². The monoisotopic (exact) mass is 1470 g/mol. The lowest BCUT2D eigenvalue weighted by Crippen LogP contribution is -2.63. The second-order valence-electron chi connectivity index (χ2n) is 25.3. The Morgan fingerprint density at radius 1 is 0.509 bits per heavy atom. The fraction of sp³-hybridized carbons (Fsp3) is 0.370. The fourth-order valence-corrected chi connectivity index (χ4v) is 11.1. The van der Waals surface area contributed by atoms with Gasteiger partial charge < -0.3 is 95.2 Å². The van der Waals surface area contributed by atoms with E-state index in [2.05, 4.69) is 63.1 Å². The third kappa shape index (κ3) is 25.3. The number of nitrogens with two attached hydrogens (primary N) is 2. The zero-order chi connectivity index (χ0) is 77.9. The molecule has 20 N–H and O–H groups in total. The molecular formula is C73H89FN14O18. The summed E-state index contributed by atoms with van der Waals surface area (Å²) in [6.45, 7) is 4.99. The largest absolute Gasteiger partial charge is 0.481 e.